The predicted octanol–water partition coefficient (Wildman–Crippen LogP) is 2.09. The number of nitrogens with zero attached hydrogens (tertiary/aromatic N) is 1. The molecular formula is C22H24BN3O4. The lowest BCUT2D eigenvalue weighted by molar-refractivity contribution is -0.118. The molecule has 0 amide bonds. The zero-order valence-corrected chi connectivity index (χ0v) is 16.9. The first kappa shape index (κ1) is 20.2. The van der Waals surface area contributed by atoms with Gasteiger partial charge in [-0.15, -0.1) is 0 Å². The van der Waals surface area contributed by atoms with Gasteiger partial charge in [-0.3, -0.25) is 15.0 Å². The summed E-state index contributed by atoms with van der Waals surface area (Å²) in [7, 11) is -1.12. The molecule has 0 radical (unpaired) electrons. The zero-order valence-electron chi connectivity index (χ0n) is 16.9. The SMILES string of the molecule is CC(=O)c1cccc2c1OB(O)[C@@H](CC(=O)Cc1ccc3c(c1)CN(C(=N)N)C3)C2. The third kappa shape index (κ3) is 3.96. The molecule has 0 unspecified atom stereocenters. The van der Waals surface area contributed by atoms with Gasteiger partial charge in [-0.1, -0.05) is 30.3 Å². The van der Waals surface area contributed by atoms with Gasteiger partial charge in [0.2, 0.25) is 0 Å². The highest BCUT2D eigenvalue weighted by Gasteiger charge is 2.37. The highest BCUT2D eigenvalue weighted by molar-refractivity contribution is 6.47. The number of ketones is 2. The number of hydrogen-bond donors (Lipinski definition) is 3. The van der Waals surface area contributed by atoms with Crippen molar-refractivity contribution in [3.05, 3.63) is 64.2 Å². The van der Waals surface area contributed by atoms with E-state index in [1.807, 2.05) is 24.3 Å². The van der Waals surface area contributed by atoms with E-state index in [0.29, 0.717) is 30.8 Å². The van der Waals surface area contributed by atoms with E-state index in [4.69, 9.17) is 15.8 Å². The van der Waals surface area contributed by atoms with Gasteiger partial charge in [-0.25, -0.2) is 0 Å². The Morgan fingerprint density at radius 1 is 1.23 bits per heavy atom. The van der Waals surface area contributed by atoms with Crippen molar-refractivity contribution >= 4 is 24.6 Å². The molecule has 0 aromatic heterocycles. The number of rotatable bonds is 5. The Labute approximate surface area is 175 Å². The van der Waals surface area contributed by atoms with Gasteiger partial charge in [-0.05, 0) is 41.7 Å². The van der Waals surface area contributed by atoms with Crippen LogP contribution in [0.5, 0.6) is 5.75 Å². The summed E-state index contributed by atoms with van der Waals surface area (Å²) < 4.78 is 5.63. The fourth-order valence-electron chi connectivity index (χ4n) is 4.26. The van der Waals surface area contributed by atoms with Crippen molar-refractivity contribution in [3.63, 3.8) is 0 Å². The molecule has 7 nitrogen and oxygen atoms in total. The van der Waals surface area contributed by atoms with Gasteiger partial charge in [0, 0.05) is 31.7 Å². The highest BCUT2D eigenvalue weighted by Crippen LogP contribution is 2.36. The Kier molecular flexibility index (Phi) is 5.34. The van der Waals surface area contributed by atoms with E-state index >= 15 is 0 Å². The van der Waals surface area contributed by atoms with Crippen LogP contribution in [0.1, 0.15) is 46.0 Å². The number of benzene rings is 2. The largest absolute Gasteiger partial charge is 0.535 e. The summed E-state index contributed by atoms with van der Waals surface area (Å²) >= 11 is 0. The number of hydrogen-bond acceptors (Lipinski definition) is 5. The van der Waals surface area contributed by atoms with Gasteiger partial charge < -0.3 is 20.3 Å². The van der Waals surface area contributed by atoms with E-state index < -0.39 is 7.12 Å². The fourth-order valence-corrected chi connectivity index (χ4v) is 4.26. The molecule has 0 saturated heterocycles. The van der Waals surface area contributed by atoms with E-state index in [1.54, 1.807) is 17.0 Å². The van der Waals surface area contributed by atoms with E-state index in [9.17, 15) is 14.6 Å². The Balaban J connectivity index is 1.42. The number of guanidine groups is 1. The fraction of sp³-hybridized carbons (Fsp3) is 0.318. The number of carbonyl (C=O) groups excluding carboxylic acids is 2. The molecular weight excluding hydrogens is 381 g/mol. The summed E-state index contributed by atoms with van der Waals surface area (Å²) in [5, 5.41) is 18.0. The van der Waals surface area contributed by atoms with Gasteiger partial charge in [0.05, 0.1) is 5.56 Å². The van der Waals surface area contributed by atoms with Gasteiger partial charge in [0.1, 0.15) is 11.5 Å². The lowest BCUT2D eigenvalue weighted by atomic mass is 9.64. The van der Waals surface area contributed by atoms with Crippen LogP contribution in [0, 0.1) is 5.41 Å². The Morgan fingerprint density at radius 3 is 2.73 bits per heavy atom. The van der Waals surface area contributed by atoms with E-state index in [0.717, 1.165) is 22.3 Å². The number of fused-ring (bicyclic) bond motifs is 2. The summed E-state index contributed by atoms with van der Waals surface area (Å²) in [6.45, 7) is 2.66. The van der Waals surface area contributed by atoms with Crippen LogP contribution in [0.2, 0.25) is 5.82 Å². The number of nitrogens with one attached hydrogen (secondary N) is 1. The van der Waals surface area contributed by atoms with E-state index in [-0.39, 0.29) is 36.2 Å². The average molecular weight is 405 g/mol. The summed E-state index contributed by atoms with van der Waals surface area (Å²) in [5.41, 5.74) is 9.98. The number of Topliss-reactive ketones (excluding diaryl/α,β-unsaturated/α-hetero) is 2. The van der Waals surface area contributed by atoms with Crippen LogP contribution < -0.4 is 10.4 Å². The normalized spacial score (nSPS) is 17.2. The van der Waals surface area contributed by atoms with Crippen molar-refractivity contribution in [2.75, 3.05) is 0 Å². The van der Waals surface area contributed by atoms with Crippen molar-refractivity contribution in [3.8, 4) is 5.75 Å². The second-order valence-electron chi connectivity index (χ2n) is 8.09. The van der Waals surface area contributed by atoms with Gasteiger partial charge in [-0.2, -0.15) is 0 Å². The second kappa shape index (κ2) is 7.95. The van der Waals surface area contributed by atoms with Crippen LogP contribution in [0.15, 0.2) is 36.4 Å². The third-order valence-corrected chi connectivity index (χ3v) is 5.82. The molecule has 4 rings (SSSR count). The molecule has 30 heavy (non-hydrogen) atoms. The Morgan fingerprint density at radius 2 is 2.00 bits per heavy atom. The summed E-state index contributed by atoms with van der Waals surface area (Å²) in [4.78, 5) is 26.3. The Bertz CT molecular complexity index is 1040. The number of para-hydroxylation sites is 1. The van der Waals surface area contributed by atoms with Crippen molar-refractivity contribution in [1.82, 2.24) is 4.90 Å². The first-order chi connectivity index (χ1) is 14.3. The van der Waals surface area contributed by atoms with Crippen LogP contribution in [0.25, 0.3) is 0 Å². The molecule has 0 spiro atoms. The van der Waals surface area contributed by atoms with Gasteiger partial charge in [0.15, 0.2) is 11.7 Å². The maximum absolute atomic E-state index is 12.7. The minimum atomic E-state index is -1.12. The van der Waals surface area contributed by atoms with Crippen molar-refractivity contribution in [1.29, 1.82) is 5.41 Å². The lowest BCUT2D eigenvalue weighted by Crippen LogP contribution is -2.36. The minimum absolute atomic E-state index is 0.0233. The maximum atomic E-state index is 12.7. The monoisotopic (exact) mass is 405 g/mol. The van der Waals surface area contributed by atoms with Gasteiger partial charge >= 0.3 is 7.12 Å². The van der Waals surface area contributed by atoms with Crippen molar-refractivity contribution in [2.24, 2.45) is 5.73 Å². The molecule has 0 bridgehead atoms. The molecule has 154 valence electrons. The molecule has 0 fully saturated rings. The van der Waals surface area contributed by atoms with Crippen LogP contribution >= 0.6 is 0 Å². The molecule has 2 aliphatic rings. The molecule has 0 aliphatic carbocycles. The first-order valence-electron chi connectivity index (χ1n) is 10.0. The van der Waals surface area contributed by atoms with Crippen LogP contribution in [-0.2, 0) is 30.7 Å². The number of nitrogens with two attached hydrogens (primary N) is 1. The molecule has 2 aromatic rings. The second-order valence-corrected chi connectivity index (χ2v) is 8.09. The third-order valence-electron chi connectivity index (χ3n) is 5.82. The minimum Gasteiger partial charge on any atom is -0.535 e. The molecule has 2 aromatic carbocycles. The standard InChI is InChI=1S/C22H24BN3O4/c1-13(27)20-4-2-3-15-9-18(23(29)30-21(15)20)10-19(28)8-14-5-6-16-11-26(22(24)25)12-17(16)7-14/h2-7,18,29H,8-12H2,1H3,(H3,24,25)/t18-/m1/s1. The van der Waals surface area contributed by atoms with Crippen LogP contribution in [0.3, 0.4) is 0 Å². The molecule has 8 heteroatoms. The summed E-state index contributed by atoms with van der Waals surface area (Å²) in [6, 6.07) is 11.3. The quantitative estimate of drug-likeness (QED) is 0.304. The summed E-state index contributed by atoms with van der Waals surface area (Å²) in [5.74, 6) is 0.0247. The molecule has 2 heterocycles. The lowest BCUT2D eigenvalue weighted by Gasteiger charge is -2.28. The van der Waals surface area contributed by atoms with Crippen LogP contribution in [0.4, 0.5) is 0 Å². The molecule has 0 saturated carbocycles. The van der Waals surface area contributed by atoms with Crippen molar-refractivity contribution in [2.45, 2.75) is 45.1 Å². The molecule has 1 atom stereocenters. The average Bonchev–Trinajstić information content (AvgIpc) is 3.11. The molecule has 2 aliphatic heterocycles. The Hall–Kier alpha value is -3.13. The van der Waals surface area contributed by atoms with Crippen LogP contribution in [-0.4, -0.2) is 34.6 Å². The number of carbonyl (C=O) groups is 2. The van der Waals surface area contributed by atoms with E-state index in [2.05, 4.69) is 0 Å². The zero-order chi connectivity index (χ0) is 21.4. The van der Waals surface area contributed by atoms with Gasteiger partial charge in [0.25, 0.3) is 0 Å². The topological polar surface area (TPSA) is 117 Å². The van der Waals surface area contributed by atoms with Crippen molar-refractivity contribution < 1.29 is 19.3 Å². The molecule has 4 N–H and O–H groups in total. The first-order valence-corrected chi connectivity index (χ1v) is 10.0. The highest BCUT2D eigenvalue weighted by atomic mass is 16.5. The predicted molar refractivity (Wildman–Crippen MR) is 113 cm³/mol. The summed E-state index contributed by atoms with van der Waals surface area (Å²) in [6.07, 6.45) is 0.958. The van der Waals surface area contributed by atoms with E-state index in [1.165, 1.54) is 6.92 Å². The maximum Gasteiger partial charge on any atom is 0.526 e. The smallest absolute Gasteiger partial charge is 0.526 e.